The Morgan fingerprint density at radius 2 is 1.57 bits per heavy atom. The second-order valence-electron chi connectivity index (χ2n) is 13.6. The van der Waals surface area contributed by atoms with Crippen molar-refractivity contribution in [2.24, 2.45) is 29.1 Å². The summed E-state index contributed by atoms with van der Waals surface area (Å²) in [5.41, 5.74) is 10.2. The Labute approximate surface area is 220 Å². The lowest BCUT2D eigenvalue weighted by Gasteiger charge is -2.30. The minimum Gasteiger partial charge on any atom is -0.0839 e. The maximum Gasteiger partial charge on any atom is -0.0130 e. The van der Waals surface area contributed by atoms with E-state index >= 15 is 0 Å². The lowest BCUT2D eigenvalue weighted by atomic mass is 9.75. The molecule has 0 aromatic rings. The van der Waals surface area contributed by atoms with Crippen LogP contribution < -0.4 is 0 Å². The van der Waals surface area contributed by atoms with Crippen molar-refractivity contribution >= 4 is 0 Å². The molecule has 35 heavy (non-hydrogen) atoms. The monoisotopic (exact) mass is 480 g/mol. The van der Waals surface area contributed by atoms with Gasteiger partial charge in [-0.1, -0.05) is 97.4 Å². The second-order valence-corrected chi connectivity index (χ2v) is 13.6. The fourth-order valence-electron chi connectivity index (χ4n) is 6.43. The summed E-state index contributed by atoms with van der Waals surface area (Å²) in [5.74, 6) is 3.49. The molecule has 0 saturated heterocycles. The standard InChI is InChI=1S/C35H60/c1-11-26(6)19-20-28(12-2)33(21-25(4)5)34(24-35(8,9)10)27(7)32(13-3)30-18-16-14-15-17-29-22-31(29)23-30/h13,19,25,29-31H,11-12,14-18,20-24H2,1-10H3. The van der Waals surface area contributed by atoms with Crippen molar-refractivity contribution in [3.63, 3.8) is 0 Å². The zero-order valence-corrected chi connectivity index (χ0v) is 25.4. The fourth-order valence-corrected chi connectivity index (χ4v) is 6.43. The number of allylic oxidation sites excluding steroid dienone is 8. The van der Waals surface area contributed by atoms with Gasteiger partial charge in [0, 0.05) is 0 Å². The number of hydrogen-bond acceptors (Lipinski definition) is 0. The smallest absolute Gasteiger partial charge is 0.0130 e. The molecule has 0 radical (unpaired) electrons. The van der Waals surface area contributed by atoms with E-state index < -0.39 is 0 Å². The average Bonchev–Trinajstić information content (AvgIpc) is 3.52. The third-order valence-corrected chi connectivity index (χ3v) is 8.71. The van der Waals surface area contributed by atoms with E-state index in [1.165, 1.54) is 63.4 Å². The van der Waals surface area contributed by atoms with Crippen LogP contribution in [0.2, 0.25) is 0 Å². The van der Waals surface area contributed by atoms with E-state index in [0.29, 0.717) is 5.92 Å². The topological polar surface area (TPSA) is 0 Å². The molecule has 0 spiro atoms. The zero-order chi connectivity index (χ0) is 26.2. The van der Waals surface area contributed by atoms with Crippen molar-refractivity contribution in [3.05, 3.63) is 45.6 Å². The van der Waals surface area contributed by atoms with Crippen LogP contribution in [0, 0.1) is 29.1 Å². The minimum absolute atomic E-state index is 0.283. The van der Waals surface area contributed by atoms with E-state index in [1.54, 1.807) is 27.9 Å². The van der Waals surface area contributed by atoms with Crippen LogP contribution in [0.25, 0.3) is 0 Å². The molecule has 3 atom stereocenters. The average molecular weight is 481 g/mol. The second kappa shape index (κ2) is 14.0. The van der Waals surface area contributed by atoms with Crippen molar-refractivity contribution in [2.75, 3.05) is 0 Å². The van der Waals surface area contributed by atoms with Crippen molar-refractivity contribution in [1.29, 1.82) is 0 Å². The molecule has 3 unspecified atom stereocenters. The summed E-state index contributed by atoms with van der Waals surface area (Å²) in [6.45, 7) is 23.9. The summed E-state index contributed by atoms with van der Waals surface area (Å²) < 4.78 is 0. The normalized spacial score (nSPS) is 25.9. The predicted octanol–water partition coefficient (Wildman–Crippen LogP) is 11.8. The fraction of sp³-hybridized carbons (Fsp3) is 0.771. The van der Waals surface area contributed by atoms with Gasteiger partial charge in [-0.05, 0) is 124 Å². The van der Waals surface area contributed by atoms with Crippen molar-refractivity contribution < 1.29 is 0 Å². The molecule has 0 aromatic carbocycles. The Morgan fingerprint density at radius 1 is 0.886 bits per heavy atom. The maximum absolute atomic E-state index is 2.51. The lowest BCUT2D eigenvalue weighted by molar-refractivity contribution is 0.406. The van der Waals surface area contributed by atoms with Gasteiger partial charge in [0.2, 0.25) is 0 Å². The van der Waals surface area contributed by atoms with E-state index in [0.717, 1.165) is 37.0 Å². The van der Waals surface area contributed by atoms with E-state index in [-0.39, 0.29) is 5.41 Å². The molecule has 0 heteroatoms. The molecule has 0 aliphatic heterocycles. The summed E-state index contributed by atoms with van der Waals surface area (Å²) in [4.78, 5) is 0. The summed E-state index contributed by atoms with van der Waals surface area (Å²) in [6.07, 6.45) is 21.0. The third-order valence-electron chi connectivity index (χ3n) is 8.71. The number of rotatable bonds is 10. The summed E-state index contributed by atoms with van der Waals surface area (Å²) in [7, 11) is 0. The molecule has 2 aliphatic carbocycles. The van der Waals surface area contributed by atoms with Crippen molar-refractivity contribution in [1.82, 2.24) is 0 Å². The van der Waals surface area contributed by atoms with Crippen LogP contribution in [0.15, 0.2) is 45.6 Å². The van der Waals surface area contributed by atoms with Crippen LogP contribution >= 0.6 is 0 Å². The van der Waals surface area contributed by atoms with Gasteiger partial charge in [-0.2, -0.15) is 0 Å². The Hall–Kier alpha value is -1.04. The molecule has 0 heterocycles. The largest absolute Gasteiger partial charge is 0.0839 e. The SMILES string of the molecule is CC=C(C(C)=C(CC(C)(C)C)C(CC(C)C)=C(CC)CC=C(C)CC)C1CCCCCC2CC2C1. The molecule has 2 fully saturated rings. The number of hydrogen-bond donors (Lipinski definition) is 0. The molecule has 0 amide bonds. The summed E-state index contributed by atoms with van der Waals surface area (Å²) >= 11 is 0. The molecular formula is C35H60. The van der Waals surface area contributed by atoms with Gasteiger partial charge in [-0.3, -0.25) is 0 Å². The van der Waals surface area contributed by atoms with Crippen LogP contribution in [-0.2, 0) is 0 Å². The van der Waals surface area contributed by atoms with Gasteiger partial charge in [0.25, 0.3) is 0 Å². The van der Waals surface area contributed by atoms with Crippen LogP contribution in [0.3, 0.4) is 0 Å². The minimum atomic E-state index is 0.283. The molecule has 0 nitrogen and oxygen atoms in total. The molecule has 2 rings (SSSR count). The molecular weight excluding hydrogens is 420 g/mol. The first-order valence-electron chi connectivity index (χ1n) is 15.2. The first-order chi connectivity index (χ1) is 16.5. The van der Waals surface area contributed by atoms with Gasteiger partial charge in [0.05, 0.1) is 0 Å². The van der Waals surface area contributed by atoms with Gasteiger partial charge in [0.15, 0.2) is 0 Å². The predicted molar refractivity (Wildman–Crippen MR) is 159 cm³/mol. The van der Waals surface area contributed by atoms with Crippen molar-refractivity contribution in [2.45, 2.75) is 146 Å². The van der Waals surface area contributed by atoms with Gasteiger partial charge < -0.3 is 0 Å². The Bertz CT molecular complexity index is 788. The summed E-state index contributed by atoms with van der Waals surface area (Å²) in [5, 5.41) is 0. The third kappa shape index (κ3) is 9.74. The highest BCUT2D eigenvalue weighted by molar-refractivity contribution is 5.47. The molecule has 0 aromatic heterocycles. The van der Waals surface area contributed by atoms with Crippen molar-refractivity contribution in [3.8, 4) is 0 Å². The van der Waals surface area contributed by atoms with E-state index in [9.17, 15) is 0 Å². The first-order valence-corrected chi connectivity index (χ1v) is 15.2. The van der Waals surface area contributed by atoms with Gasteiger partial charge in [-0.25, -0.2) is 0 Å². The van der Waals surface area contributed by atoms with Crippen LogP contribution in [0.5, 0.6) is 0 Å². The van der Waals surface area contributed by atoms with Gasteiger partial charge >= 0.3 is 0 Å². The summed E-state index contributed by atoms with van der Waals surface area (Å²) in [6, 6.07) is 0. The van der Waals surface area contributed by atoms with Crippen LogP contribution in [0.1, 0.15) is 146 Å². The lowest BCUT2D eigenvalue weighted by Crippen LogP contribution is -2.15. The molecule has 2 saturated carbocycles. The quantitative estimate of drug-likeness (QED) is 0.215. The number of fused-ring (bicyclic) bond motifs is 1. The molecule has 0 N–H and O–H groups in total. The van der Waals surface area contributed by atoms with E-state index in [4.69, 9.17) is 0 Å². The highest BCUT2D eigenvalue weighted by Gasteiger charge is 2.39. The first kappa shape index (κ1) is 30.2. The molecule has 0 bridgehead atoms. The Morgan fingerprint density at radius 3 is 2.14 bits per heavy atom. The van der Waals surface area contributed by atoms with Gasteiger partial charge in [0.1, 0.15) is 0 Å². The molecule has 200 valence electrons. The van der Waals surface area contributed by atoms with Gasteiger partial charge in [-0.15, -0.1) is 0 Å². The van der Waals surface area contributed by atoms with Crippen LogP contribution in [0.4, 0.5) is 0 Å². The van der Waals surface area contributed by atoms with Crippen LogP contribution in [-0.4, -0.2) is 0 Å². The van der Waals surface area contributed by atoms with E-state index in [1.807, 2.05) is 0 Å². The Kier molecular flexibility index (Phi) is 12.1. The molecule has 2 aliphatic rings. The highest BCUT2D eigenvalue weighted by atomic mass is 14.4. The maximum atomic E-state index is 2.51. The van der Waals surface area contributed by atoms with E-state index in [2.05, 4.69) is 81.4 Å². The highest BCUT2D eigenvalue weighted by Crippen LogP contribution is 2.50. The Balaban J connectivity index is 2.60. The zero-order valence-electron chi connectivity index (χ0n) is 25.4.